The molecule has 2 aromatic carbocycles. The molecule has 4 nitrogen and oxygen atoms in total. The van der Waals surface area contributed by atoms with Crippen LogP contribution in [0.5, 0.6) is 0 Å². The topological polar surface area (TPSA) is 62.0 Å². The van der Waals surface area contributed by atoms with Gasteiger partial charge in [-0.1, -0.05) is 0 Å². The fraction of sp³-hybridized carbons (Fsp3) is 0.176. The van der Waals surface area contributed by atoms with Gasteiger partial charge in [0, 0.05) is 16.3 Å². The second-order valence-electron chi connectivity index (χ2n) is 5.91. The van der Waals surface area contributed by atoms with E-state index in [4.69, 9.17) is 0 Å². The monoisotopic (exact) mass is 294 g/mol. The van der Waals surface area contributed by atoms with Crippen LogP contribution in [0.2, 0.25) is 0 Å². The summed E-state index contributed by atoms with van der Waals surface area (Å²) in [5.41, 5.74) is 4.61. The summed E-state index contributed by atoms with van der Waals surface area (Å²) in [6.45, 7) is 0. The van der Waals surface area contributed by atoms with Crippen molar-refractivity contribution in [1.29, 1.82) is 0 Å². The summed E-state index contributed by atoms with van der Waals surface area (Å²) in [5.74, 6) is -1.07. The Morgan fingerprint density at radius 2 is 1.77 bits per heavy atom. The molecule has 2 aliphatic rings. The molecule has 0 saturated carbocycles. The number of amides is 2. The molecule has 5 rings (SSSR count). The van der Waals surface area contributed by atoms with Crippen molar-refractivity contribution in [3.05, 3.63) is 46.3 Å². The van der Waals surface area contributed by atoms with E-state index in [1.807, 2.05) is 0 Å². The number of fused-ring (bicyclic) bond motifs is 8. The first-order chi connectivity index (χ1) is 10.6. The minimum absolute atomic E-state index is 0.328. The normalized spacial score (nSPS) is 16.4. The molecule has 22 heavy (non-hydrogen) atoms. The maximum atomic E-state index is 13.7. The van der Waals surface area contributed by atoms with E-state index in [1.165, 1.54) is 12.1 Å². The number of carbonyl (C=O) groups excluding carboxylic acids is 2. The van der Waals surface area contributed by atoms with Crippen LogP contribution in [-0.4, -0.2) is 16.8 Å². The number of rotatable bonds is 0. The third-order valence-corrected chi connectivity index (χ3v) is 4.76. The summed E-state index contributed by atoms with van der Waals surface area (Å²) in [5, 5.41) is 3.72. The molecular weight excluding hydrogens is 283 g/mol. The third-order valence-electron chi connectivity index (χ3n) is 4.76. The highest BCUT2D eigenvalue weighted by Crippen LogP contribution is 2.41. The minimum atomic E-state index is -0.384. The van der Waals surface area contributed by atoms with Gasteiger partial charge in [-0.2, -0.15) is 0 Å². The van der Waals surface area contributed by atoms with Crippen LogP contribution in [0.15, 0.2) is 18.2 Å². The van der Waals surface area contributed by atoms with Crippen LogP contribution in [0.3, 0.4) is 0 Å². The highest BCUT2D eigenvalue weighted by Gasteiger charge is 2.36. The van der Waals surface area contributed by atoms with Gasteiger partial charge in [-0.05, 0) is 48.6 Å². The van der Waals surface area contributed by atoms with Crippen LogP contribution in [0.1, 0.15) is 38.3 Å². The van der Waals surface area contributed by atoms with Crippen LogP contribution in [-0.2, 0) is 12.8 Å². The summed E-state index contributed by atoms with van der Waals surface area (Å²) in [6.07, 6.45) is 2.64. The van der Waals surface area contributed by atoms with Gasteiger partial charge in [0.2, 0.25) is 0 Å². The van der Waals surface area contributed by atoms with Gasteiger partial charge < -0.3 is 4.98 Å². The van der Waals surface area contributed by atoms with Crippen molar-refractivity contribution in [3.63, 3.8) is 0 Å². The number of H-pyrrole nitrogens is 1. The van der Waals surface area contributed by atoms with Crippen molar-refractivity contribution in [2.45, 2.75) is 19.3 Å². The van der Waals surface area contributed by atoms with Crippen LogP contribution in [0.4, 0.5) is 4.39 Å². The zero-order valence-electron chi connectivity index (χ0n) is 11.5. The lowest BCUT2D eigenvalue weighted by atomic mass is 9.94. The maximum absolute atomic E-state index is 13.7. The summed E-state index contributed by atoms with van der Waals surface area (Å²) in [7, 11) is 0. The Bertz CT molecular complexity index is 1030. The molecule has 0 bridgehead atoms. The Morgan fingerprint density at radius 1 is 1.00 bits per heavy atom. The number of hydrogen-bond donors (Lipinski definition) is 2. The first kappa shape index (κ1) is 11.9. The maximum Gasteiger partial charge on any atom is 0.259 e. The van der Waals surface area contributed by atoms with Gasteiger partial charge in [0.1, 0.15) is 5.82 Å². The Kier molecular flexibility index (Phi) is 2.02. The van der Waals surface area contributed by atoms with Crippen molar-refractivity contribution >= 4 is 33.6 Å². The molecule has 2 N–H and O–H groups in total. The van der Waals surface area contributed by atoms with Crippen molar-refractivity contribution in [1.82, 2.24) is 10.3 Å². The van der Waals surface area contributed by atoms with Gasteiger partial charge in [-0.25, -0.2) is 4.39 Å². The Labute approximate surface area is 124 Å². The predicted octanol–water partition coefficient (Wildman–Crippen LogP) is 2.83. The fourth-order valence-electron chi connectivity index (χ4n) is 3.93. The average molecular weight is 294 g/mol. The Balaban J connectivity index is 2.10. The van der Waals surface area contributed by atoms with Crippen LogP contribution >= 0.6 is 0 Å². The number of halogens is 1. The Hall–Kier alpha value is -2.69. The van der Waals surface area contributed by atoms with E-state index in [0.29, 0.717) is 21.9 Å². The molecule has 2 heterocycles. The predicted molar refractivity (Wildman–Crippen MR) is 79.6 cm³/mol. The highest BCUT2D eigenvalue weighted by molar-refractivity contribution is 6.31. The molecule has 0 spiro atoms. The van der Waals surface area contributed by atoms with Gasteiger partial charge in [0.05, 0.1) is 16.6 Å². The van der Waals surface area contributed by atoms with Gasteiger partial charge in [0.25, 0.3) is 11.8 Å². The molecule has 3 aromatic rings. The number of aromatic amines is 1. The fourth-order valence-corrected chi connectivity index (χ4v) is 3.93. The van der Waals surface area contributed by atoms with Crippen molar-refractivity contribution in [2.24, 2.45) is 0 Å². The van der Waals surface area contributed by atoms with E-state index in [1.54, 1.807) is 6.07 Å². The molecule has 0 fully saturated rings. The van der Waals surface area contributed by atoms with Crippen LogP contribution in [0, 0.1) is 5.82 Å². The number of nitrogens with one attached hydrogen (secondary N) is 2. The standard InChI is InChI=1S/C17H11FN2O2/c18-7-4-5-11-10(6-7)12-14-13(16(21)20-17(14)22)8-2-1-3-9(8)15(12)19-11/h4-6,19H,1-3H2,(H,20,21,22). The van der Waals surface area contributed by atoms with E-state index in [2.05, 4.69) is 10.3 Å². The molecule has 5 heteroatoms. The smallest absolute Gasteiger partial charge is 0.259 e. The quantitative estimate of drug-likeness (QED) is 0.626. The molecule has 1 aromatic heterocycles. The van der Waals surface area contributed by atoms with Crippen molar-refractivity contribution < 1.29 is 14.0 Å². The van der Waals surface area contributed by atoms with Gasteiger partial charge >= 0.3 is 0 Å². The van der Waals surface area contributed by atoms with E-state index in [-0.39, 0.29) is 17.6 Å². The summed E-state index contributed by atoms with van der Waals surface area (Å²) in [4.78, 5) is 27.8. The molecule has 2 amide bonds. The molecule has 108 valence electrons. The number of imide groups is 1. The number of hydrogen-bond acceptors (Lipinski definition) is 2. The van der Waals surface area contributed by atoms with Crippen LogP contribution in [0.25, 0.3) is 21.8 Å². The minimum Gasteiger partial charge on any atom is -0.354 e. The molecule has 0 unspecified atom stereocenters. The second-order valence-corrected chi connectivity index (χ2v) is 5.91. The zero-order chi connectivity index (χ0) is 15.0. The molecule has 0 radical (unpaired) electrons. The van der Waals surface area contributed by atoms with Gasteiger partial charge in [-0.15, -0.1) is 0 Å². The van der Waals surface area contributed by atoms with E-state index >= 15 is 0 Å². The molecule has 0 atom stereocenters. The molecular formula is C17H11FN2O2. The van der Waals surface area contributed by atoms with Crippen LogP contribution < -0.4 is 5.32 Å². The van der Waals surface area contributed by atoms with E-state index < -0.39 is 0 Å². The first-order valence-corrected chi connectivity index (χ1v) is 7.29. The first-order valence-electron chi connectivity index (χ1n) is 7.29. The molecule has 1 aliphatic heterocycles. The summed E-state index contributed by atoms with van der Waals surface area (Å²) in [6, 6.07) is 4.49. The van der Waals surface area contributed by atoms with E-state index in [0.717, 1.165) is 41.4 Å². The van der Waals surface area contributed by atoms with Gasteiger partial charge in [-0.3, -0.25) is 14.9 Å². The number of benzene rings is 2. The average Bonchev–Trinajstić information content (AvgIpc) is 3.14. The lowest BCUT2D eigenvalue weighted by molar-refractivity contribution is 0.0880. The summed E-state index contributed by atoms with van der Waals surface area (Å²) >= 11 is 0. The van der Waals surface area contributed by atoms with E-state index in [9.17, 15) is 14.0 Å². The van der Waals surface area contributed by atoms with Crippen molar-refractivity contribution in [2.75, 3.05) is 0 Å². The van der Waals surface area contributed by atoms with Crippen molar-refractivity contribution in [3.8, 4) is 0 Å². The van der Waals surface area contributed by atoms with Gasteiger partial charge in [0.15, 0.2) is 0 Å². The lowest BCUT2D eigenvalue weighted by Gasteiger charge is -2.07. The summed E-state index contributed by atoms with van der Waals surface area (Å²) < 4.78 is 13.7. The largest absolute Gasteiger partial charge is 0.354 e. The second kappa shape index (κ2) is 3.74. The zero-order valence-corrected chi connectivity index (χ0v) is 11.5. The molecule has 0 saturated heterocycles. The Morgan fingerprint density at radius 3 is 2.64 bits per heavy atom. The third kappa shape index (κ3) is 1.27. The SMILES string of the molecule is O=C1NC(=O)c2c1c1c(c3[nH]c4ccc(F)cc4c23)CCC1. The number of aryl methyl sites for hydroxylation is 1. The molecule has 1 aliphatic carbocycles. The highest BCUT2D eigenvalue weighted by atomic mass is 19.1. The number of aromatic nitrogens is 1. The lowest BCUT2D eigenvalue weighted by Crippen LogP contribution is -2.20. The number of carbonyl (C=O) groups is 2.